The van der Waals surface area contributed by atoms with E-state index >= 15 is 0 Å². The van der Waals surface area contributed by atoms with Gasteiger partial charge in [0, 0.05) is 35.8 Å². The van der Waals surface area contributed by atoms with Gasteiger partial charge in [-0.05, 0) is 40.5 Å². The standard InChI is InChI=1S/C38H36N4O4/c39-32-22-31(36(43)40-25-34(29-17-9-3-10-18-29)30-19-11-4-12-20-30)23-33(24-32)41-37(44)35(21-27-13-5-1-6-14-27)42-38(45)46-26-28-15-7-2-8-16-28/h1-20,22-24,34-35H,21,25-26,39H2,(H,40,43)(H,41,44)(H,42,45)/t35-/m0/s1. The molecule has 5 aromatic carbocycles. The van der Waals surface area contributed by atoms with Gasteiger partial charge < -0.3 is 26.4 Å². The van der Waals surface area contributed by atoms with Crippen LogP contribution in [0.1, 0.15) is 38.5 Å². The van der Waals surface area contributed by atoms with E-state index in [1.54, 1.807) is 18.2 Å². The van der Waals surface area contributed by atoms with Crippen LogP contribution in [0, 0.1) is 0 Å². The fourth-order valence-corrected chi connectivity index (χ4v) is 5.15. The zero-order valence-electron chi connectivity index (χ0n) is 25.3. The van der Waals surface area contributed by atoms with Crippen LogP contribution < -0.4 is 21.7 Å². The van der Waals surface area contributed by atoms with Crippen molar-refractivity contribution in [2.24, 2.45) is 0 Å². The monoisotopic (exact) mass is 612 g/mol. The highest BCUT2D eigenvalue weighted by Gasteiger charge is 2.23. The van der Waals surface area contributed by atoms with Crippen LogP contribution in [-0.4, -0.2) is 30.5 Å². The average Bonchev–Trinajstić information content (AvgIpc) is 3.08. The summed E-state index contributed by atoms with van der Waals surface area (Å²) in [4.78, 5) is 39.6. The number of nitrogens with two attached hydrogens (primary N) is 1. The van der Waals surface area contributed by atoms with E-state index in [-0.39, 0.29) is 24.9 Å². The molecule has 5 N–H and O–H groups in total. The van der Waals surface area contributed by atoms with E-state index in [0.717, 1.165) is 22.3 Å². The molecule has 3 amide bonds. The maximum absolute atomic E-state index is 13.5. The summed E-state index contributed by atoms with van der Waals surface area (Å²) in [5.74, 6) is -0.869. The number of ether oxygens (including phenoxy) is 1. The Labute approximate surface area is 268 Å². The molecule has 0 saturated heterocycles. The van der Waals surface area contributed by atoms with Gasteiger partial charge >= 0.3 is 6.09 Å². The molecule has 0 aliphatic rings. The van der Waals surface area contributed by atoms with Crippen molar-refractivity contribution in [1.29, 1.82) is 0 Å². The predicted molar refractivity (Wildman–Crippen MR) is 180 cm³/mol. The number of alkyl carbamates (subject to hydrolysis) is 1. The van der Waals surface area contributed by atoms with Crippen molar-refractivity contribution in [3.63, 3.8) is 0 Å². The number of hydrogen-bond donors (Lipinski definition) is 4. The summed E-state index contributed by atoms with van der Waals surface area (Å²) in [6.07, 6.45) is -0.498. The number of anilines is 2. The number of nitrogen functional groups attached to an aromatic ring is 1. The molecule has 0 heterocycles. The molecule has 46 heavy (non-hydrogen) atoms. The second-order valence-electron chi connectivity index (χ2n) is 10.9. The number of rotatable bonds is 12. The van der Waals surface area contributed by atoms with Gasteiger partial charge in [-0.3, -0.25) is 9.59 Å². The van der Waals surface area contributed by atoms with Crippen LogP contribution in [0.2, 0.25) is 0 Å². The van der Waals surface area contributed by atoms with E-state index in [4.69, 9.17) is 10.5 Å². The first-order valence-corrected chi connectivity index (χ1v) is 15.1. The smallest absolute Gasteiger partial charge is 0.408 e. The lowest BCUT2D eigenvalue weighted by molar-refractivity contribution is -0.118. The Morgan fingerprint density at radius 3 is 1.80 bits per heavy atom. The molecule has 232 valence electrons. The Morgan fingerprint density at radius 1 is 0.674 bits per heavy atom. The maximum Gasteiger partial charge on any atom is 0.408 e. The highest BCUT2D eigenvalue weighted by molar-refractivity contribution is 6.00. The van der Waals surface area contributed by atoms with Gasteiger partial charge in [0.2, 0.25) is 5.91 Å². The lowest BCUT2D eigenvalue weighted by Gasteiger charge is -2.20. The van der Waals surface area contributed by atoms with Gasteiger partial charge in [-0.2, -0.15) is 0 Å². The molecule has 0 unspecified atom stereocenters. The third-order valence-corrected chi connectivity index (χ3v) is 7.46. The van der Waals surface area contributed by atoms with E-state index in [0.29, 0.717) is 23.5 Å². The largest absolute Gasteiger partial charge is 0.445 e. The third-order valence-electron chi connectivity index (χ3n) is 7.46. The van der Waals surface area contributed by atoms with Crippen LogP contribution in [0.25, 0.3) is 0 Å². The SMILES string of the molecule is Nc1cc(NC(=O)[C@H](Cc2ccccc2)NC(=O)OCc2ccccc2)cc(C(=O)NCC(c2ccccc2)c2ccccc2)c1. The topological polar surface area (TPSA) is 123 Å². The van der Waals surface area contributed by atoms with Crippen molar-refractivity contribution >= 4 is 29.3 Å². The van der Waals surface area contributed by atoms with Gasteiger partial charge in [-0.1, -0.05) is 121 Å². The Hall–Kier alpha value is -5.89. The first-order valence-electron chi connectivity index (χ1n) is 15.1. The van der Waals surface area contributed by atoms with Gasteiger partial charge in [-0.25, -0.2) is 4.79 Å². The molecular weight excluding hydrogens is 576 g/mol. The third kappa shape index (κ3) is 9.06. The van der Waals surface area contributed by atoms with Crippen LogP contribution in [0.15, 0.2) is 140 Å². The molecule has 8 heteroatoms. The summed E-state index contributed by atoms with van der Waals surface area (Å²) in [6.45, 7) is 0.424. The van der Waals surface area contributed by atoms with Crippen molar-refractivity contribution in [3.8, 4) is 0 Å². The van der Waals surface area contributed by atoms with Crippen LogP contribution in [0.5, 0.6) is 0 Å². The second-order valence-corrected chi connectivity index (χ2v) is 10.9. The molecule has 8 nitrogen and oxygen atoms in total. The van der Waals surface area contributed by atoms with Crippen molar-refractivity contribution < 1.29 is 19.1 Å². The van der Waals surface area contributed by atoms with Crippen LogP contribution >= 0.6 is 0 Å². The number of hydrogen-bond acceptors (Lipinski definition) is 5. The summed E-state index contributed by atoms with van der Waals surface area (Å²) in [5, 5.41) is 8.54. The fourth-order valence-electron chi connectivity index (χ4n) is 5.15. The molecule has 0 aliphatic carbocycles. The average molecular weight is 613 g/mol. The highest BCUT2D eigenvalue weighted by atomic mass is 16.5. The molecule has 0 aliphatic heterocycles. The van der Waals surface area contributed by atoms with E-state index in [1.165, 1.54) is 0 Å². The Bertz CT molecular complexity index is 1690. The lowest BCUT2D eigenvalue weighted by Crippen LogP contribution is -2.45. The van der Waals surface area contributed by atoms with E-state index in [2.05, 4.69) is 16.0 Å². The van der Waals surface area contributed by atoms with Crippen LogP contribution in [-0.2, 0) is 22.6 Å². The Balaban J connectivity index is 1.27. The molecule has 1 atom stereocenters. The summed E-state index contributed by atoms with van der Waals surface area (Å²) in [5.41, 5.74) is 10.9. The molecular formula is C38H36N4O4. The van der Waals surface area contributed by atoms with E-state index < -0.39 is 18.0 Å². The summed E-state index contributed by atoms with van der Waals surface area (Å²) < 4.78 is 5.37. The molecule has 0 bridgehead atoms. The lowest BCUT2D eigenvalue weighted by atomic mass is 9.91. The molecule has 0 saturated carbocycles. The summed E-state index contributed by atoms with van der Waals surface area (Å²) in [6, 6.07) is 42.3. The predicted octanol–water partition coefficient (Wildman–Crippen LogP) is 6.31. The number of nitrogens with one attached hydrogen (secondary N) is 3. The Morgan fingerprint density at radius 2 is 1.22 bits per heavy atom. The first kappa shape index (κ1) is 31.5. The molecule has 0 radical (unpaired) electrons. The summed E-state index contributed by atoms with van der Waals surface area (Å²) >= 11 is 0. The minimum Gasteiger partial charge on any atom is -0.445 e. The zero-order valence-corrected chi connectivity index (χ0v) is 25.3. The number of carbonyl (C=O) groups excluding carboxylic acids is 3. The van der Waals surface area contributed by atoms with Crippen molar-refractivity contribution in [2.45, 2.75) is 25.0 Å². The van der Waals surface area contributed by atoms with Crippen molar-refractivity contribution in [2.75, 3.05) is 17.6 Å². The molecule has 0 aromatic heterocycles. The van der Waals surface area contributed by atoms with Gasteiger partial charge in [-0.15, -0.1) is 0 Å². The van der Waals surface area contributed by atoms with Gasteiger partial charge in [0.1, 0.15) is 12.6 Å². The second kappa shape index (κ2) is 15.7. The quantitative estimate of drug-likeness (QED) is 0.123. The molecule has 0 spiro atoms. The minimum atomic E-state index is -0.957. The fraction of sp³-hybridized carbons (Fsp3) is 0.132. The highest BCUT2D eigenvalue weighted by Crippen LogP contribution is 2.24. The maximum atomic E-state index is 13.5. The summed E-state index contributed by atoms with van der Waals surface area (Å²) in [7, 11) is 0. The zero-order chi connectivity index (χ0) is 32.1. The molecule has 5 rings (SSSR count). The van der Waals surface area contributed by atoms with E-state index in [1.807, 2.05) is 121 Å². The van der Waals surface area contributed by atoms with Crippen LogP contribution in [0.3, 0.4) is 0 Å². The molecule has 0 fully saturated rings. The number of amides is 3. The van der Waals surface area contributed by atoms with Gasteiger partial charge in [0.15, 0.2) is 0 Å². The van der Waals surface area contributed by atoms with Gasteiger partial charge in [0.05, 0.1) is 0 Å². The van der Waals surface area contributed by atoms with Crippen molar-refractivity contribution in [3.05, 3.63) is 167 Å². The normalized spacial score (nSPS) is 11.3. The van der Waals surface area contributed by atoms with E-state index in [9.17, 15) is 14.4 Å². The number of benzene rings is 5. The first-order chi connectivity index (χ1) is 22.4. The number of carbonyl (C=O) groups is 3. The molecule has 5 aromatic rings. The van der Waals surface area contributed by atoms with Crippen molar-refractivity contribution in [1.82, 2.24) is 10.6 Å². The Kier molecular flexibility index (Phi) is 10.8. The van der Waals surface area contributed by atoms with Gasteiger partial charge in [0.25, 0.3) is 5.91 Å². The minimum absolute atomic E-state index is 0.0574. The van der Waals surface area contributed by atoms with Crippen LogP contribution in [0.4, 0.5) is 16.2 Å².